The fraction of sp³-hybridized carbons (Fsp3) is 0.381. The van der Waals surface area contributed by atoms with E-state index in [4.69, 9.17) is 0 Å². The van der Waals surface area contributed by atoms with Crippen LogP contribution in [0.4, 0.5) is 4.39 Å². The molecular weight excluding hydrogens is 393 g/mol. The van der Waals surface area contributed by atoms with Crippen molar-refractivity contribution in [3.05, 3.63) is 64.8 Å². The molecule has 2 N–H and O–H groups in total. The fourth-order valence-corrected chi connectivity index (χ4v) is 5.09. The number of halogens is 1. The Morgan fingerprint density at radius 2 is 1.83 bits per heavy atom. The number of hydrogen-bond donors (Lipinski definition) is 2. The third-order valence-corrected chi connectivity index (χ3v) is 6.92. The average Bonchev–Trinajstić information content (AvgIpc) is 3.04. The van der Waals surface area contributed by atoms with Crippen LogP contribution in [-0.2, 0) is 10.8 Å². The number of aromatic nitrogens is 2. The Labute approximate surface area is 170 Å². The van der Waals surface area contributed by atoms with Gasteiger partial charge in [0.25, 0.3) is 0 Å². The number of benzene rings is 2. The highest BCUT2D eigenvalue weighted by Crippen LogP contribution is 2.25. The Morgan fingerprint density at radius 3 is 2.55 bits per heavy atom. The van der Waals surface area contributed by atoms with Crippen molar-refractivity contribution in [1.82, 2.24) is 14.5 Å². The molecular formula is C21H24FN3O3S. The number of rotatable bonds is 6. The molecule has 3 aromatic rings. The van der Waals surface area contributed by atoms with Crippen LogP contribution < -0.4 is 5.69 Å². The first kappa shape index (κ1) is 20.0. The van der Waals surface area contributed by atoms with Crippen molar-refractivity contribution >= 4 is 21.8 Å². The molecule has 1 aliphatic heterocycles. The molecule has 29 heavy (non-hydrogen) atoms. The number of piperidine rings is 1. The van der Waals surface area contributed by atoms with E-state index in [9.17, 15) is 18.5 Å². The summed E-state index contributed by atoms with van der Waals surface area (Å²) in [6, 6.07) is 13.3. The molecule has 2 aromatic carbocycles. The van der Waals surface area contributed by atoms with Crippen molar-refractivity contribution in [2.45, 2.75) is 29.9 Å². The van der Waals surface area contributed by atoms with Gasteiger partial charge in [0.2, 0.25) is 0 Å². The lowest BCUT2D eigenvalue weighted by molar-refractivity contribution is 0.104. The zero-order chi connectivity index (χ0) is 20.4. The van der Waals surface area contributed by atoms with Crippen molar-refractivity contribution in [3.8, 4) is 0 Å². The molecule has 8 heteroatoms. The third kappa shape index (κ3) is 4.49. The number of imidazole rings is 1. The summed E-state index contributed by atoms with van der Waals surface area (Å²) in [6.07, 6.45) is 0.902. The third-order valence-electron chi connectivity index (χ3n) is 5.44. The van der Waals surface area contributed by atoms with Gasteiger partial charge in [-0.05, 0) is 49.2 Å². The minimum absolute atomic E-state index is 0.0839. The van der Waals surface area contributed by atoms with Crippen LogP contribution in [0, 0.1) is 5.82 Å². The van der Waals surface area contributed by atoms with Crippen molar-refractivity contribution in [2.24, 2.45) is 0 Å². The summed E-state index contributed by atoms with van der Waals surface area (Å²) >= 11 is 0. The van der Waals surface area contributed by atoms with Gasteiger partial charge in [-0.2, -0.15) is 0 Å². The van der Waals surface area contributed by atoms with Gasteiger partial charge in [-0.3, -0.25) is 8.78 Å². The van der Waals surface area contributed by atoms with Crippen LogP contribution in [0.3, 0.4) is 0 Å². The van der Waals surface area contributed by atoms with Crippen molar-refractivity contribution in [3.63, 3.8) is 0 Å². The molecule has 0 amide bonds. The highest BCUT2D eigenvalue weighted by Gasteiger charge is 2.25. The maximum Gasteiger partial charge on any atom is 0.326 e. The van der Waals surface area contributed by atoms with Crippen molar-refractivity contribution in [1.29, 1.82) is 0 Å². The average molecular weight is 418 g/mol. The van der Waals surface area contributed by atoms with E-state index >= 15 is 0 Å². The predicted octanol–water partition coefficient (Wildman–Crippen LogP) is 2.27. The van der Waals surface area contributed by atoms with E-state index < -0.39 is 16.9 Å². The minimum Gasteiger partial charge on any atom is -0.391 e. The number of H-pyrrole nitrogens is 1. The lowest BCUT2D eigenvalue weighted by Gasteiger charge is -2.33. The molecule has 1 fully saturated rings. The van der Waals surface area contributed by atoms with Gasteiger partial charge in [-0.25, -0.2) is 9.18 Å². The van der Waals surface area contributed by atoms with Crippen LogP contribution in [0.25, 0.3) is 11.0 Å². The van der Waals surface area contributed by atoms with E-state index in [1.54, 1.807) is 0 Å². The highest BCUT2D eigenvalue weighted by molar-refractivity contribution is 7.85. The predicted molar refractivity (Wildman–Crippen MR) is 111 cm³/mol. The summed E-state index contributed by atoms with van der Waals surface area (Å²) in [7, 11) is -1.37. The number of aliphatic hydroxyl groups is 1. The molecule has 154 valence electrons. The first-order valence-corrected chi connectivity index (χ1v) is 11.1. The Morgan fingerprint density at radius 1 is 1.14 bits per heavy atom. The van der Waals surface area contributed by atoms with Crippen LogP contribution in [0.2, 0.25) is 0 Å². The molecule has 1 aromatic heterocycles. The number of β-amino-alcohol motifs (C(OH)–C–C–N with tert-alkyl or cyclic N) is 1. The molecule has 1 aliphatic rings. The Hall–Kier alpha value is -2.29. The monoisotopic (exact) mass is 417 g/mol. The normalized spacial score (nSPS) is 18.1. The van der Waals surface area contributed by atoms with Gasteiger partial charge < -0.3 is 15.0 Å². The quantitative estimate of drug-likeness (QED) is 0.645. The van der Waals surface area contributed by atoms with E-state index in [-0.39, 0.29) is 23.3 Å². The second kappa shape index (κ2) is 8.61. The van der Waals surface area contributed by atoms with Crippen LogP contribution in [0.1, 0.15) is 18.9 Å². The SMILES string of the molecule is O=c1[nH]c2ccccc2n1C1CCN(CC(O)CS(=O)c2ccc(F)cc2)CC1. The number of likely N-dealkylation sites (tertiary alicyclic amines) is 1. The number of aromatic amines is 1. The largest absolute Gasteiger partial charge is 0.391 e. The second-order valence-electron chi connectivity index (χ2n) is 7.47. The maximum absolute atomic E-state index is 13.0. The smallest absolute Gasteiger partial charge is 0.326 e. The van der Waals surface area contributed by atoms with Gasteiger partial charge in [0, 0.05) is 30.6 Å². The van der Waals surface area contributed by atoms with E-state index in [1.807, 2.05) is 28.8 Å². The van der Waals surface area contributed by atoms with Crippen LogP contribution >= 0.6 is 0 Å². The van der Waals surface area contributed by atoms with Crippen molar-refractivity contribution in [2.75, 3.05) is 25.4 Å². The molecule has 0 bridgehead atoms. The van der Waals surface area contributed by atoms with E-state index in [1.165, 1.54) is 24.3 Å². The zero-order valence-electron chi connectivity index (χ0n) is 16.0. The first-order valence-electron chi connectivity index (χ1n) is 9.75. The Balaban J connectivity index is 1.32. The standard InChI is InChI=1S/C21H24FN3O3S/c22-15-5-7-18(8-6-15)29(28)14-17(26)13-24-11-9-16(10-12-24)25-20-4-2-1-3-19(20)23-21(25)27/h1-8,16-17,26H,9-14H2,(H,23,27). The molecule has 1 saturated heterocycles. The van der Waals surface area contributed by atoms with Gasteiger partial charge >= 0.3 is 5.69 Å². The summed E-state index contributed by atoms with van der Waals surface area (Å²) in [6.45, 7) is 1.95. The fourth-order valence-electron chi connectivity index (χ4n) is 4.00. The summed E-state index contributed by atoms with van der Waals surface area (Å²) in [5.41, 5.74) is 1.68. The molecule has 0 radical (unpaired) electrons. The van der Waals surface area contributed by atoms with Crippen LogP contribution in [0.15, 0.2) is 58.2 Å². The molecule has 6 nitrogen and oxygen atoms in total. The van der Waals surface area contributed by atoms with E-state index in [0.717, 1.165) is 37.0 Å². The zero-order valence-corrected chi connectivity index (χ0v) is 16.8. The summed E-state index contributed by atoms with van der Waals surface area (Å²) in [4.78, 5) is 17.9. The topological polar surface area (TPSA) is 78.3 Å². The molecule has 0 spiro atoms. The molecule has 2 atom stereocenters. The van der Waals surface area contributed by atoms with Gasteiger partial charge in [0.15, 0.2) is 0 Å². The molecule has 2 unspecified atom stereocenters. The summed E-state index contributed by atoms with van der Waals surface area (Å²) < 4.78 is 27.2. The molecule has 0 aliphatic carbocycles. The lowest BCUT2D eigenvalue weighted by Crippen LogP contribution is -2.41. The summed E-state index contributed by atoms with van der Waals surface area (Å²) in [5.74, 6) is -0.253. The van der Waals surface area contributed by atoms with Crippen LogP contribution in [-0.4, -0.2) is 55.3 Å². The number of fused-ring (bicyclic) bond motifs is 1. The molecule has 2 heterocycles. The van der Waals surface area contributed by atoms with Gasteiger partial charge in [0.1, 0.15) is 5.82 Å². The molecule has 4 rings (SSSR count). The number of nitrogens with one attached hydrogen (secondary N) is 1. The van der Waals surface area contributed by atoms with Gasteiger partial charge in [0.05, 0.1) is 33.7 Å². The Kier molecular flexibility index (Phi) is 5.94. The highest BCUT2D eigenvalue weighted by atomic mass is 32.2. The van der Waals surface area contributed by atoms with Crippen LogP contribution in [0.5, 0.6) is 0 Å². The van der Waals surface area contributed by atoms with Crippen molar-refractivity contribution < 1.29 is 13.7 Å². The maximum atomic E-state index is 13.0. The first-order chi connectivity index (χ1) is 14.0. The number of nitrogens with zero attached hydrogens (tertiary/aromatic N) is 2. The van der Waals surface area contributed by atoms with Gasteiger partial charge in [-0.1, -0.05) is 12.1 Å². The Bertz CT molecular complexity index is 1050. The number of hydrogen-bond acceptors (Lipinski definition) is 4. The van der Waals surface area contributed by atoms with E-state index in [0.29, 0.717) is 11.4 Å². The number of aliphatic hydroxyl groups excluding tert-OH is 1. The summed E-state index contributed by atoms with van der Waals surface area (Å²) in [5, 5.41) is 10.4. The minimum atomic E-state index is -1.37. The van der Waals surface area contributed by atoms with Gasteiger partial charge in [-0.15, -0.1) is 0 Å². The second-order valence-corrected chi connectivity index (χ2v) is 8.96. The molecule has 0 saturated carbocycles. The lowest BCUT2D eigenvalue weighted by atomic mass is 10.0. The van der Waals surface area contributed by atoms with E-state index in [2.05, 4.69) is 9.88 Å². The number of para-hydroxylation sites is 2.